The van der Waals surface area contributed by atoms with Gasteiger partial charge in [-0.2, -0.15) is 0 Å². The molecule has 0 spiro atoms. The van der Waals surface area contributed by atoms with E-state index in [1.807, 2.05) is 0 Å². The topological polar surface area (TPSA) is 39.7 Å². The monoisotopic (exact) mass is 308 g/mol. The number of unbranched alkanes of at least 4 members (excludes halogenated alkanes) is 1. The van der Waals surface area contributed by atoms with Crippen molar-refractivity contribution >= 4 is 5.96 Å². The van der Waals surface area contributed by atoms with Crippen molar-refractivity contribution in [1.82, 2.24) is 15.5 Å². The molecule has 0 aromatic heterocycles. The average Bonchev–Trinajstić information content (AvgIpc) is 3.02. The van der Waals surface area contributed by atoms with Crippen LogP contribution in [0.3, 0.4) is 0 Å². The molecule has 0 bridgehead atoms. The van der Waals surface area contributed by atoms with E-state index in [9.17, 15) is 0 Å². The second-order valence-electron chi connectivity index (χ2n) is 7.12. The highest BCUT2D eigenvalue weighted by molar-refractivity contribution is 5.80. The number of nitrogens with one attached hydrogen (secondary N) is 2. The van der Waals surface area contributed by atoms with E-state index in [-0.39, 0.29) is 0 Å². The van der Waals surface area contributed by atoms with Crippen LogP contribution in [-0.4, -0.2) is 49.6 Å². The zero-order valence-electron chi connectivity index (χ0n) is 14.7. The number of piperidine rings is 1. The minimum Gasteiger partial charge on any atom is -0.357 e. The average molecular weight is 309 g/mol. The summed E-state index contributed by atoms with van der Waals surface area (Å²) in [6, 6.07) is 0.646. The number of nitrogens with zero attached hydrogens (tertiary/aromatic N) is 2. The molecule has 4 heteroatoms. The summed E-state index contributed by atoms with van der Waals surface area (Å²) in [5.41, 5.74) is 0. The highest BCUT2D eigenvalue weighted by atomic mass is 15.2. The first-order valence-electron chi connectivity index (χ1n) is 9.55. The van der Waals surface area contributed by atoms with Crippen LogP contribution in [0.1, 0.15) is 65.2 Å². The van der Waals surface area contributed by atoms with Crippen LogP contribution in [0.5, 0.6) is 0 Å². The highest BCUT2D eigenvalue weighted by Crippen LogP contribution is 2.17. The van der Waals surface area contributed by atoms with Crippen LogP contribution in [0.4, 0.5) is 0 Å². The third-order valence-corrected chi connectivity index (χ3v) is 5.07. The van der Waals surface area contributed by atoms with Gasteiger partial charge in [0.1, 0.15) is 0 Å². The van der Waals surface area contributed by atoms with Crippen molar-refractivity contribution in [3.05, 3.63) is 0 Å². The summed E-state index contributed by atoms with van der Waals surface area (Å²) in [4.78, 5) is 7.38. The highest BCUT2D eigenvalue weighted by Gasteiger charge is 2.16. The molecular formula is C18H36N4. The smallest absolute Gasteiger partial charge is 0.191 e. The summed E-state index contributed by atoms with van der Waals surface area (Å²) < 4.78 is 0. The van der Waals surface area contributed by atoms with Crippen LogP contribution in [0.25, 0.3) is 0 Å². The number of rotatable bonds is 7. The van der Waals surface area contributed by atoms with Crippen LogP contribution in [0, 0.1) is 5.92 Å². The summed E-state index contributed by atoms with van der Waals surface area (Å²) in [6.45, 7) is 10.3. The molecule has 1 saturated heterocycles. The standard InChI is InChI=1S/C18H36N4/c1-3-19-18(21-17-8-4-5-9-17)20-12-6-7-13-22-14-10-16(2)11-15-22/h16-17H,3-15H2,1-2H3,(H2,19,20,21). The number of guanidine groups is 1. The molecule has 2 rings (SSSR count). The molecule has 1 aliphatic heterocycles. The third kappa shape index (κ3) is 6.55. The van der Waals surface area contributed by atoms with Crippen LogP contribution in [0.15, 0.2) is 4.99 Å². The third-order valence-electron chi connectivity index (χ3n) is 5.07. The molecule has 0 atom stereocenters. The molecule has 4 nitrogen and oxygen atoms in total. The Morgan fingerprint density at radius 3 is 2.50 bits per heavy atom. The van der Waals surface area contributed by atoms with Gasteiger partial charge in [-0.1, -0.05) is 19.8 Å². The van der Waals surface area contributed by atoms with Gasteiger partial charge < -0.3 is 15.5 Å². The number of aliphatic imine (C=N–C) groups is 1. The molecular weight excluding hydrogens is 272 g/mol. The first-order chi connectivity index (χ1) is 10.8. The molecule has 2 aliphatic rings. The molecule has 1 aliphatic carbocycles. The normalized spacial score (nSPS) is 22.2. The van der Waals surface area contributed by atoms with E-state index in [2.05, 4.69) is 29.4 Å². The lowest BCUT2D eigenvalue weighted by Gasteiger charge is -2.30. The summed E-state index contributed by atoms with van der Waals surface area (Å²) in [7, 11) is 0. The Hall–Kier alpha value is -0.770. The molecule has 22 heavy (non-hydrogen) atoms. The second-order valence-corrected chi connectivity index (χ2v) is 7.12. The van der Waals surface area contributed by atoms with Crippen LogP contribution >= 0.6 is 0 Å². The molecule has 0 aromatic rings. The summed E-state index contributed by atoms with van der Waals surface area (Å²) >= 11 is 0. The lowest BCUT2D eigenvalue weighted by molar-refractivity contribution is 0.190. The van der Waals surface area contributed by atoms with Crippen molar-refractivity contribution in [2.45, 2.75) is 71.3 Å². The molecule has 0 radical (unpaired) electrons. The molecule has 0 amide bonds. The zero-order chi connectivity index (χ0) is 15.6. The van der Waals surface area contributed by atoms with Crippen molar-refractivity contribution in [1.29, 1.82) is 0 Å². The first kappa shape index (κ1) is 17.6. The number of likely N-dealkylation sites (tertiary alicyclic amines) is 1. The largest absolute Gasteiger partial charge is 0.357 e. The van der Waals surface area contributed by atoms with E-state index in [0.29, 0.717) is 6.04 Å². The number of hydrogen-bond donors (Lipinski definition) is 2. The molecule has 1 saturated carbocycles. The lowest BCUT2D eigenvalue weighted by Crippen LogP contribution is -2.42. The Morgan fingerprint density at radius 1 is 1.09 bits per heavy atom. The fourth-order valence-corrected chi connectivity index (χ4v) is 3.51. The van der Waals surface area contributed by atoms with Gasteiger partial charge in [-0.25, -0.2) is 0 Å². The Bertz CT molecular complexity index is 315. The minimum atomic E-state index is 0.646. The van der Waals surface area contributed by atoms with E-state index in [1.165, 1.54) is 71.0 Å². The van der Waals surface area contributed by atoms with Crippen molar-refractivity contribution in [3.63, 3.8) is 0 Å². The van der Waals surface area contributed by atoms with Crippen LogP contribution < -0.4 is 10.6 Å². The fraction of sp³-hybridized carbons (Fsp3) is 0.944. The van der Waals surface area contributed by atoms with Gasteiger partial charge in [-0.15, -0.1) is 0 Å². The fourth-order valence-electron chi connectivity index (χ4n) is 3.51. The van der Waals surface area contributed by atoms with Gasteiger partial charge in [-0.3, -0.25) is 4.99 Å². The van der Waals surface area contributed by atoms with Crippen molar-refractivity contribution in [2.24, 2.45) is 10.9 Å². The summed E-state index contributed by atoms with van der Waals surface area (Å²) in [6.07, 6.45) is 10.6. The first-order valence-corrected chi connectivity index (χ1v) is 9.55. The van der Waals surface area contributed by atoms with Gasteiger partial charge in [0.05, 0.1) is 0 Å². The van der Waals surface area contributed by atoms with Crippen molar-refractivity contribution in [3.8, 4) is 0 Å². The lowest BCUT2D eigenvalue weighted by atomic mass is 9.99. The molecule has 0 unspecified atom stereocenters. The summed E-state index contributed by atoms with van der Waals surface area (Å²) in [5, 5.41) is 6.97. The Labute approximate surface area is 137 Å². The number of hydrogen-bond acceptors (Lipinski definition) is 2. The van der Waals surface area contributed by atoms with Gasteiger partial charge in [0.2, 0.25) is 0 Å². The molecule has 0 aromatic carbocycles. The minimum absolute atomic E-state index is 0.646. The maximum absolute atomic E-state index is 4.75. The predicted molar refractivity (Wildman–Crippen MR) is 95.4 cm³/mol. The molecule has 2 N–H and O–H groups in total. The van der Waals surface area contributed by atoms with Gasteiger partial charge in [0.15, 0.2) is 5.96 Å². The van der Waals surface area contributed by atoms with Crippen molar-refractivity contribution < 1.29 is 0 Å². The maximum atomic E-state index is 4.75. The van der Waals surface area contributed by atoms with Crippen LogP contribution in [-0.2, 0) is 0 Å². The maximum Gasteiger partial charge on any atom is 0.191 e. The second kappa shape index (κ2) is 10.1. The predicted octanol–water partition coefficient (Wildman–Crippen LogP) is 3.00. The SMILES string of the molecule is CCNC(=NCCCCN1CCC(C)CC1)NC1CCCC1. The van der Waals surface area contributed by atoms with E-state index in [1.54, 1.807) is 0 Å². The van der Waals surface area contributed by atoms with E-state index in [4.69, 9.17) is 4.99 Å². The molecule has 2 fully saturated rings. The molecule has 128 valence electrons. The Morgan fingerprint density at radius 2 is 1.82 bits per heavy atom. The quantitative estimate of drug-likeness (QED) is 0.431. The van der Waals surface area contributed by atoms with Gasteiger partial charge in [-0.05, 0) is 71.0 Å². The van der Waals surface area contributed by atoms with E-state index < -0.39 is 0 Å². The van der Waals surface area contributed by atoms with E-state index >= 15 is 0 Å². The van der Waals surface area contributed by atoms with Gasteiger partial charge in [0.25, 0.3) is 0 Å². The van der Waals surface area contributed by atoms with Crippen LogP contribution in [0.2, 0.25) is 0 Å². The van der Waals surface area contributed by atoms with Gasteiger partial charge in [0, 0.05) is 19.1 Å². The van der Waals surface area contributed by atoms with Crippen molar-refractivity contribution in [2.75, 3.05) is 32.7 Å². The van der Waals surface area contributed by atoms with E-state index in [0.717, 1.165) is 25.0 Å². The Kier molecular flexibility index (Phi) is 8.06. The zero-order valence-corrected chi connectivity index (χ0v) is 14.7. The Balaban J connectivity index is 1.59. The summed E-state index contributed by atoms with van der Waals surface area (Å²) in [5.74, 6) is 1.96. The van der Waals surface area contributed by atoms with Gasteiger partial charge >= 0.3 is 0 Å². The molecule has 1 heterocycles.